The molecule has 74 valence electrons. The van der Waals surface area contributed by atoms with Crippen LogP contribution in [-0.4, -0.2) is 0 Å². The molecular formula is C14H8N2. The minimum absolute atomic E-state index is 0.112. The van der Waals surface area contributed by atoms with Crippen molar-refractivity contribution in [2.24, 2.45) is 10.8 Å². The van der Waals surface area contributed by atoms with Crippen molar-refractivity contribution >= 4 is 0 Å². The molecule has 4 unspecified atom stereocenters. The number of hydrogen-bond donors (Lipinski definition) is 0. The lowest BCUT2D eigenvalue weighted by Gasteiger charge is -2.13. The first kappa shape index (κ1) is 8.13. The lowest BCUT2D eigenvalue weighted by molar-refractivity contribution is 0.558. The van der Waals surface area contributed by atoms with Gasteiger partial charge in [0.25, 0.3) is 0 Å². The molecule has 0 aromatic heterocycles. The van der Waals surface area contributed by atoms with Crippen LogP contribution >= 0.6 is 0 Å². The smallest absolute Gasteiger partial charge is 0.104 e. The van der Waals surface area contributed by atoms with Crippen molar-refractivity contribution in [3.8, 4) is 12.1 Å². The summed E-state index contributed by atoms with van der Waals surface area (Å²) in [5.41, 5.74) is 1.45. The molecule has 3 aliphatic rings. The molecule has 4 atom stereocenters. The molecule has 0 N–H and O–H groups in total. The Bertz CT molecular complexity index is 631. The maximum absolute atomic E-state index is 9.48. The molecule has 0 bridgehead atoms. The predicted octanol–water partition coefficient (Wildman–Crippen LogP) is 2.47. The maximum atomic E-state index is 9.48. The van der Waals surface area contributed by atoms with Crippen LogP contribution in [0.5, 0.6) is 0 Å². The minimum atomic E-state index is -0.527. The zero-order valence-corrected chi connectivity index (χ0v) is 8.51. The molecule has 0 saturated heterocycles. The highest BCUT2D eigenvalue weighted by Crippen LogP contribution is 2.86. The van der Waals surface area contributed by atoms with Gasteiger partial charge >= 0.3 is 0 Å². The molecular weight excluding hydrogens is 196 g/mol. The summed E-state index contributed by atoms with van der Waals surface area (Å²) >= 11 is 0. The van der Waals surface area contributed by atoms with E-state index >= 15 is 0 Å². The largest absolute Gasteiger partial charge is 0.198 e. The Morgan fingerprint density at radius 2 is 1.81 bits per heavy atom. The highest BCUT2D eigenvalue weighted by molar-refractivity contribution is 5.68. The number of allylic oxidation sites excluding steroid dienone is 2. The standard InChI is InChI=1S/C14H8N2/c15-7-13-6-5-11-9-3-1-2-4-10(9)12(13)14(11,13)8-16/h1-6,11-12H. The van der Waals surface area contributed by atoms with Gasteiger partial charge in [-0.3, -0.25) is 0 Å². The summed E-state index contributed by atoms with van der Waals surface area (Å²) in [6.07, 6.45) is 4.01. The van der Waals surface area contributed by atoms with Gasteiger partial charge in [-0.2, -0.15) is 10.5 Å². The molecule has 1 saturated carbocycles. The molecule has 0 amide bonds. The molecule has 0 aliphatic heterocycles. The molecule has 2 nitrogen and oxygen atoms in total. The van der Waals surface area contributed by atoms with E-state index in [2.05, 4.69) is 30.3 Å². The second kappa shape index (κ2) is 2.06. The maximum Gasteiger partial charge on any atom is 0.104 e. The third-order valence-electron chi connectivity index (χ3n) is 4.57. The zero-order chi connectivity index (χ0) is 11.0. The van der Waals surface area contributed by atoms with Crippen molar-refractivity contribution in [3.05, 3.63) is 47.5 Å². The topological polar surface area (TPSA) is 47.6 Å². The van der Waals surface area contributed by atoms with Gasteiger partial charge in [-0.25, -0.2) is 0 Å². The number of hydrogen-bond acceptors (Lipinski definition) is 2. The van der Waals surface area contributed by atoms with Crippen LogP contribution in [0.2, 0.25) is 0 Å². The average Bonchev–Trinajstić information content (AvgIpc) is 2.69. The van der Waals surface area contributed by atoms with Gasteiger partial charge in [-0.1, -0.05) is 36.4 Å². The summed E-state index contributed by atoms with van der Waals surface area (Å²) in [5.74, 6) is 0.250. The van der Waals surface area contributed by atoms with Gasteiger partial charge in [0.05, 0.1) is 17.6 Å². The van der Waals surface area contributed by atoms with Crippen molar-refractivity contribution in [1.82, 2.24) is 0 Å². The van der Waals surface area contributed by atoms with Gasteiger partial charge in [0, 0.05) is 11.8 Å². The lowest BCUT2D eigenvalue weighted by atomic mass is 9.85. The summed E-state index contributed by atoms with van der Waals surface area (Å²) in [4.78, 5) is 0. The first-order valence-corrected chi connectivity index (χ1v) is 5.42. The van der Waals surface area contributed by atoms with Crippen LogP contribution in [0.4, 0.5) is 0 Å². The SMILES string of the molecule is N#CC12C=CC3c4ccccc4C1C32C#N. The molecule has 1 aromatic rings. The lowest BCUT2D eigenvalue weighted by Crippen LogP contribution is -2.11. The molecule has 3 aliphatic carbocycles. The van der Waals surface area contributed by atoms with Gasteiger partial charge in [-0.15, -0.1) is 0 Å². The van der Waals surface area contributed by atoms with Crippen LogP contribution in [-0.2, 0) is 0 Å². The minimum Gasteiger partial charge on any atom is -0.198 e. The molecule has 1 aromatic carbocycles. The number of nitrogens with zero attached hydrogens (tertiary/aromatic N) is 2. The van der Waals surface area contributed by atoms with Crippen LogP contribution < -0.4 is 0 Å². The first-order valence-electron chi connectivity index (χ1n) is 5.42. The van der Waals surface area contributed by atoms with Crippen LogP contribution in [0.3, 0.4) is 0 Å². The second-order valence-electron chi connectivity index (χ2n) is 4.86. The predicted molar refractivity (Wildman–Crippen MR) is 57.2 cm³/mol. The fraction of sp³-hybridized carbons (Fsp3) is 0.286. The van der Waals surface area contributed by atoms with Crippen molar-refractivity contribution in [2.75, 3.05) is 0 Å². The van der Waals surface area contributed by atoms with E-state index in [1.165, 1.54) is 11.1 Å². The Morgan fingerprint density at radius 1 is 1.06 bits per heavy atom. The Balaban J connectivity index is 2.07. The fourth-order valence-electron chi connectivity index (χ4n) is 3.91. The molecule has 16 heavy (non-hydrogen) atoms. The highest BCUT2D eigenvalue weighted by atomic mass is 14.8. The van der Waals surface area contributed by atoms with Crippen molar-refractivity contribution in [2.45, 2.75) is 11.8 Å². The number of benzene rings is 1. The van der Waals surface area contributed by atoms with Gasteiger partial charge in [0.2, 0.25) is 0 Å². The van der Waals surface area contributed by atoms with Gasteiger partial charge in [0.15, 0.2) is 0 Å². The van der Waals surface area contributed by atoms with Crippen molar-refractivity contribution in [1.29, 1.82) is 10.5 Å². The van der Waals surface area contributed by atoms with E-state index in [0.717, 1.165) is 0 Å². The summed E-state index contributed by atoms with van der Waals surface area (Å²) in [6.45, 7) is 0. The normalized spacial score (nSPS) is 44.4. The van der Waals surface area contributed by atoms with Crippen LogP contribution in [0.1, 0.15) is 23.0 Å². The van der Waals surface area contributed by atoms with E-state index in [4.69, 9.17) is 0 Å². The third-order valence-corrected chi connectivity index (χ3v) is 4.57. The molecule has 0 spiro atoms. The van der Waals surface area contributed by atoms with E-state index < -0.39 is 10.8 Å². The molecule has 0 radical (unpaired) electrons. The summed E-state index contributed by atoms with van der Waals surface area (Å²) in [6, 6.07) is 13.0. The second-order valence-corrected chi connectivity index (χ2v) is 4.86. The summed E-state index contributed by atoms with van der Waals surface area (Å²) in [5, 5.41) is 18.8. The average molecular weight is 204 g/mol. The Labute approximate surface area is 93.4 Å². The van der Waals surface area contributed by atoms with Gasteiger partial charge in [0.1, 0.15) is 5.41 Å². The Kier molecular flexibility index (Phi) is 1.05. The Morgan fingerprint density at radius 3 is 2.50 bits per heavy atom. The van der Waals surface area contributed by atoms with E-state index in [1.807, 2.05) is 18.2 Å². The molecule has 2 heteroatoms. The zero-order valence-electron chi connectivity index (χ0n) is 8.51. The quantitative estimate of drug-likeness (QED) is 0.609. The Hall–Kier alpha value is -2.06. The number of rotatable bonds is 0. The van der Waals surface area contributed by atoms with Crippen molar-refractivity contribution < 1.29 is 0 Å². The third kappa shape index (κ3) is 0.491. The van der Waals surface area contributed by atoms with Crippen LogP contribution in [0.15, 0.2) is 36.4 Å². The summed E-state index contributed by atoms with van der Waals surface area (Å²) < 4.78 is 0. The van der Waals surface area contributed by atoms with E-state index in [1.54, 1.807) is 0 Å². The summed E-state index contributed by atoms with van der Waals surface area (Å²) in [7, 11) is 0. The van der Waals surface area contributed by atoms with Crippen LogP contribution in [0.25, 0.3) is 0 Å². The molecule has 1 fully saturated rings. The van der Waals surface area contributed by atoms with Crippen LogP contribution in [0, 0.1) is 33.5 Å². The van der Waals surface area contributed by atoms with Gasteiger partial charge < -0.3 is 0 Å². The fourth-order valence-corrected chi connectivity index (χ4v) is 3.91. The number of fused-ring (bicyclic) bond motifs is 4. The van der Waals surface area contributed by atoms with E-state index in [9.17, 15) is 10.5 Å². The number of nitriles is 2. The van der Waals surface area contributed by atoms with E-state index in [-0.39, 0.29) is 11.8 Å². The first-order chi connectivity index (χ1) is 7.82. The van der Waals surface area contributed by atoms with Gasteiger partial charge in [-0.05, 0) is 11.1 Å². The highest BCUT2D eigenvalue weighted by Gasteiger charge is 2.85. The molecule has 0 heterocycles. The van der Waals surface area contributed by atoms with Crippen molar-refractivity contribution in [3.63, 3.8) is 0 Å². The molecule has 4 rings (SSSR count). The van der Waals surface area contributed by atoms with E-state index in [0.29, 0.717) is 0 Å². The monoisotopic (exact) mass is 204 g/mol.